The fourth-order valence-electron chi connectivity index (χ4n) is 3.95. The molecule has 6 rings (SSSR count). The maximum absolute atomic E-state index is 12.3. The standard InChI is InChI=1S/C23H20N8O/c32-22-19(10-3-4-11-24-22)27-23-26-18-9-2-1-8-17(18)21-28-20(29-31(21)23)16-12-25-30(14-16)13-15-6-5-7-15/h1-4,8-12,14-15H,5-7,13H2,(H,24,26,27,32). The number of rotatable bonds is 5. The lowest BCUT2D eigenvalue weighted by atomic mass is 9.85. The molecule has 9 nitrogen and oxygen atoms in total. The van der Waals surface area contributed by atoms with E-state index in [-0.39, 0.29) is 5.56 Å². The minimum Gasteiger partial charge on any atom is -0.319 e. The zero-order valence-corrected chi connectivity index (χ0v) is 17.2. The number of hydrogen-bond acceptors (Lipinski definition) is 7. The van der Waals surface area contributed by atoms with Crippen LogP contribution in [0.5, 0.6) is 0 Å². The molecule has 9 heteroatoms. The number of fused-ring (bicyclic) bond motifs is 3. The molecule has 0 radical (unpaired) electrons. The summed E-state index contributed by atoms with van der Waals surface area (Å²) in [6.45, 7) is 0.926. The van der Waals surface area contributed by atoms with Crippen molar-refractivity contribution >= 4 is 28.2 Å². The van der Waals surface area contributed by atoms with Gasteiger partial charge in [0.15, 0.2) is 11.5 Å². The molecule has 4 aromatic heterocycles. The lowest BCUT2D eigenvalue weighted by Gasteiger charge is -2.24. The van der Waals surface area contributed by atoms with E-state index < -0.39 is 0 Å². The summed E-state index contributed by atoms with van der Waals surface area (Å²) in [5.41, 5.74) is 2.18. The Morgan fingerprint density at radius 3 is 2.81 bits per heavy atom. The van der Waals surface area contributed by atoms with Gasteiger partial charge >= 0.3 is 0 Å². The van der Waals surface area contributed by atoms with Gasteiger partial charge in [-0.1, -0.05) is 24.6 Å². The van der Waals surface area contributed by atoms with E-state index in [1.165, 1.54) is 25.5 Å². The fourth-order valence-corrected chi connectivity index (χ4v) is 3.95. The molecule has 1 aliphatic rings. The highest BCUT2D eigenvalue weighted by Gasteiger charge is 2.20. The molecule has 0 saturated heterocycles. The van der Waals surface area contributed by atoms with Crippen LogP contribution in [0.25, 0.3) is 27.9 Å². The van der Waals surface area contributed by atoms with Crippen LogP contribution >= 0.6 is 0 Å². The van der Waals surface area contributed by atoms with Gasteiger partial charge in [0, 0.05) is 24.3 Å². The zero-order chi connectivity index (χ0) is 21.5. The molecule has 32 heavy (non-hydrogen) atoms. The summed E-state index contributed by atoms with van der Waals surface area (Å²) >= 11 is 0. The van der Waals surface area contributed by atoms with Crippen LogP contribution in [0.2, 0.25) is 0 Å². The topological polar surface area (TPSA) is 103 Å². The van der Waals surface area contributed by atoms with Crippen LogP contribution in [0, 0.1) is 5.92 Å². The van der Waals surface area contributed by atoms with Gasteiger partial charge in [0.25, 0.3) is 5.56 Å². The van der Waals surface area contributed by atoms with Crippen molar-refractivity contribution in [1.82, 2.24) is 34.3 Å². The summed E-state index contributed by atoms with van der Waals surface area (Å²) in [6, 6.07) is 12.8. The molecule has 4 heterocycles. The van der Waals surface area contributed by atoms with Crippen molar-refractivity contribution in [1.29, 1.82) is 0 Å². The quantitative estimate of drug-likeness (QED) is 0.461. The Morgan fingerprint density at radius 2 is 1.94 bits per heavy atom. The van der Waals surface area contributed by atoms with E-state index in [2.05, 4.69) is 15.4 Å². The Balaban J connectivity index is 1.47. The van der Waals surface area contributed by atoms with Gasteiger partial charge in [-0.2, -0.15) is 9.61 Å². The third-order valence-corrected chi connectivity index (χ3v) is 5.87. The molecule has 0 unspecified atom stereocenters. The predicted molar refractivity (Wildman–Crippen MR) is 121 cm³/mol. The van der Waals surface area contributed by atoms with Crippen LogP contribution in [0.15, 0.2) is 65.8 Å². The van der Waals surface area contributed by atoms with E-state index in [0.717, 1.165) is 23.0 Å². The average Bonchev–Trinajstić information content (AvgIpc) is 3.38. The van der Waals surface area contributed by atoms with Gasteiger partial charge in [-0.3, -0.25) is 9.48 Å². The van der Waals surface area contributed by atoms with Crippen LogP contribution < -0.4 is 10.9 Å². The molecular formula is C23H20N8O. The van der Waals surface area contributed by atoms with Gasteiger partial charge in [-0.25, -0.2) is 15.0 Å². The van der Waals surface area contributed by atoms with Crippen molar-refractivity contribution in [2.24, 2.45) is 5.92 Å². The van der Waals surface area contributed by atoms with Crippen LogP contribution in [0.3, 0.4) is 0 Å². The Hall–Kier alpha value is -4.14. The van der Waals surface area contributed by atoms with Crippen molar-refractivity contribution in [3.05, 3.63) is 71.4 Å². The maximum Gasteiger partial charge on any atom is 0.293 e. The lowest BCUT2D eigenvalue weighted by molar-refractivity contribution is 0.266. The summed E-state index contributed by atoms with van der Waals surface area (Å²) < 4.78 is 3.60. The normalized spacial score (nSPS) is 14.0. The van der Waals surface area contributed by atoms with Gasteiger partial charge in [0.05, 0.1) is 17.3 Å². The first-order valence-electron chi connectivity index (χ1n) is 10.7. The molecule has 0 amide bonds. The molecule has 5 aromatic rings. The minimum atomic E-state index is -0.379. The summed E-state index contributed by atoms with van der Waals surface area (Å²) in [5.74, 6) is 1.66. The van der Waals surface area contributed by atoms with Gasteiger partial charge in [0.1, 0.15) is 5.69 Å². The van der Waals surface area contributed by atoms with E-state index in [1.54, 1.807) is 28.9 Å². The van der Waals surface area contributed by atoms with Crippen molar-refractivity contribution in [3.63, 3.8) is 0 Å². The van der Waals surface area contributed by atoms with Crippen LogP contribution in [-0.2, 0) is 6.54 Å². The second-order valence-electron chi connectivity index (χ2n) is 8.04. The summed E-state index contributed by atoms with van der Waals surface area (Å²) in [5, 5.41) is 13.2. The molecule has 0 atom stereocenters. The summed E-state index contributed by atoms with van der Waals surface area (Å²) in [7, 11) is 0. The first-order valence-corrected chi connectivity index (χ1v) is 10.7. The first-order chi connectivity index (χ1) is 15.7. The molecular weight excluding hydrogens is 404 g/mol. The van der Waals surface area contributed by atoms with E-state index in [0.29, 0.717) is 29.0 Å². The highest BCUT2D eigenvalue weighted by atomic mass is 16.1. The Labute approximate surface area is 182 Å². The summed E-state index contributed by atoms with van der Waals surface area (Å²) in [6.07, 6.45) is 9.10. The van der Waals surface area contributed by atoms with Gasteiger partial charge in [-0.05, 0) is 43.0 Å². The largest absolute Gasteiger partial charge is 0.319 e. The van der Waals surface area contributed by atoms with Gasteiger partial charge in [0.2, 0.25) is 5.95 Å². The Morgan fingerprint density at radius 1 is 1.06 bits per heavy atom. The lowest BCUT2D eigenvalue weighted by Crippen LogP contribution is -2.18. The highest BCUT2D eigenvalue weighted by Crippen LogP contribution is 2.29. The molecule has 1 aromatic carbocycles. The van der Waals surface area contributed by atoms with Crippen LogP contribution in [0.4, 0.5) is 11.6 Å². The van der Waals surface area contributed by atoms with Crippen molar-refractivity contribution in [2.45, 2.75) is 25.8 Å². The van der Waals surface area contributed by atoms with Crippen molar-refractivity contribution in [3.8, 4) is 11.4 Å². The average molecular weight is 424 g/mol. The van der Waals surface area contributed by atoms with Gasteiger partial charge < -0.3 is 5.32 Å². The molecule has 1 N–H and O–H groups in total. The smallest absolute Gasteiger partial charge is 0.293 e. The Kier molecular flexibility index (Phi) is 4.38. The predicted octanol–water partition coefficient (Wildman–Crippen LogP) is 3.44. The number of nitrogens with one attached hydrogen (secondary N) is 1. The number of para-hydroxylation sites is 1. The van der Waals surface area contributed by atoms with E-state index in [9.17, 15) is 4.79 Å². The second-order valence-corrected chi connectivity index (χ2v) is 8.04. The Bertz CT molecular complexity index is 1500. The van der Waals surface area contributed by atoms with Crippen molar-refractivity contribution < 1.29 is 0 Å². The van der Waals surface area contributed by atoms with E-state index in [4.69, 9.17) is 15.1 Å². The zero-order valence-electron chi connectivity index (χ0n) is 17.2. The van der Waals surface area contributed by atoms with Crippen LogP contribution in [0.1, 0.15) is 19.3 Å². The number of hydrogen-bond donors (Lipinski definition) is 1. The minimum absolute atomic E-state index is 0.310. The third kappa shape index (κ3) is 3.27. The van der Waals surface area contributed by atoms with Crippen LogP contribution in [-0.4, -0.2) is 34.3 Å². The summed E-state index contributed by atoms with van der Waals surface area (Å²) in [4.78, 5) is 25.7. The monoisotopic (exact) mass is 424 g/mol. The van der Waals surface area contributed by atoms with E-state index >= 15 is 0 Å². The molecule has 0 spiro atoms. The fraction of sp³-hybridized carbons (Fsp3) is 0.217. The van der Waals surface area contributed by atoms with Crippen molar-refractivity contribution in [2.75, 3.05) is 5.32 Å². The third-order valence-electron chi connectivity index (χ3n) is 5.87. The van der Waals surface area contributed by atoms with E-state index in [1.807, 2.05) is 35.1 Å². The number of anilines is 2. The van der Waals surface area contributed by atoms with Gasteiger partial charge in [-0.15, -0.1) is 5.10 Å². The molecule has 1 saturated carbocycles. The second kappa shape index (κ2) is 7.52. The molecule has 158 valence electrons. The molecule has 0 bridgehead atoms. The molecule has 1 fully saturated rings. The SMILES string of the molecule is O=c1nccccc1Nc1nc2ccccc2c2nc(-c3cnn(CC4CCC4)c3)nn12. The number of aromatic nitrogens is 7. The maximum atomic E-state index is 12.3. The number of nitrogens with zero attached hydrogens (tertiary/aromatic N) is 7. The molecule has 1 aliphatic carbocycles. The first kappa shape index (κ1) is 18.6. The molecule has 0 aliphatic heterocycles. The highest BCUT2D eigenvalue weighted by molar-refractivity contribution is 5.93. The number of benzene rings is 1.